The first-order valence-electron chi connectivity index (χ1n) is 6.56. The summed E-state index contributed by atoms with van der Waals surface area (Å²) in [5, 5.41) is 3.26. The molecule has 3 fully saturated rings. The lowest BCUT2D eigenvalue weighted by atomic mass is 9.82. The van der Waals surface area contributed by atoms with Gasteiger partial charge in [-0.15, -0.1) is 0 Å². The second-order valence-corrected chi connectivity index (χ2v) is 5.96. The number of nitrogens with one attached hydrogen (secondary N) is 1. The molecule has 1 unspecified atom stereocenters. The number of rotatable bonds is 3. The van der Waals surface area contributed by atoms with Gasteiger partial charge in [-0.1, -0.05) is 20.8 Å². The second-order valence-electron chi connectivity index (χ2n) is 5.96. The highest BCUT2D eigenvalue weighted by atomic mass is 16.2. The smallest absolute Gasteiger partial charge is 0.225 e. The molecule has 3 heteroatoms. The van der Waals surface area contributed by atoms with Crippen LogP contribution in [-0.4, -0.2) is 36.5 Å². The minimum Gasteiger partial charge on any atom is -0.351 e. The van der Waals surface area contributed by atoms with Gasteiger partial charge in [-0.25, -0.2) is 0 Å². The van der Waals surface area contributed by atoms with Gasteiger partial charge in [-0.05, 0) is 38.3 Å². The molecule has 1 amide bonds. The molecule has 3 saturated heterocycles. The highest BCUT2D eigenvalue weighted by molar-refractivity contribution is 5.82. The van der Waals surface area contributed by atoms with Gasteiger partial charge in [0.2, 0.25) is 5.91 Å². The molecule has 16 heavy (non-hydrogen) atoms. The van der Waals surface area contributed by atoms with Gasteiger partial charge in [0.15, 0.2) is 0 Å². The van der Waals surface area contributed by atoms with E-state index in [0.29, 0.717) is 6.04 Å². The van der Waals surface area contributed by atoms with Gasteiger partial charge in [-0.3, -0.25) is 4.79 Å². The van der Waals surface area contributed by atoms with Crippen molar-refractivity contribution in [1.82, 2.24) is 10.2 Å². The summed E-state index contributed by atoms with van der Waals surface area (Å²) in [6, 6.07) is 0.404. The average molecular weight is 224 g/mol. The first-order valence-corrected chi connectivity index (χ1v) is 6.56. The van der Waals surface area contributed by atoms with Gasteiger partial charge in [0.1, 0.15) is 0 Å². The quantitative estimate of drug-likeness (QED) is 0.790. The van der Waals surface area contributed by atoms with Crippen LogP contribution in [0, 0.1) is 11.3 Å². The predicted octanol–water partition coefficient (Wildman–Crippen LogP) is 1.63. The lowest BCUT2D eigenvalue weighted by Gasteiger charge is -2.45. The number of hydrogen-bond acceptors (Lipinski definition) is 2. The van der Waals surface area contributed by atoms with E-state index in [0.717, 1.165) is 18.9 Å². The highest BCUT2D eigenvalue weighted by Crippen LogP contribution is 2.29. The molecule has 2 bridgehead atoms. The maximum atomic E-state index is 12.1. The predicted molar refractivity (Wildman–Crippen MR) is 65.2 cm³/mol. The van der Waals surface area contributed by atoms with Crippen LogP contribution in [0.15, 0.2) is 0 Å². The third-order valence-electron chi connectivity index (χ3n) is 4.47. The molecule has 3 nitrogen and oxygen atoms in total. The Bertz CT molecular complexity index is 267. The van der Waals surface area contributed by atoms with Crippen LogP contribution in [0.3, 0.4) is 0 Å². The number of fused-ring (bicyclic) bond motifs is 3. The number of piperidine rings is 3. The third-order valence-corrected chi connectivity index (χ3v) is 4.47. The van der Waals surface area contributed by atoms with Gasteiger partial charge in [0.25, 0.3) is 0 Å². The summed E-state index contributed by atoms with van der Waals surface area (Å²) in [7, 11) is 0. The van der Waals surface area contributed by atoms with Crippen molar-refractivity contribution in [2.45, 2.75) is 46.1 Å². The Morgan fingerprint density at radius 1 is 1.38 bits per heavy atom. The maximum Gasteiger partial charge on any atom is 0.225 e. The van der Waals surface area contributed by atoms with Crippen LogP contribution in [0.4, 0.5) is 0 Å². The number of hydrogen-bond donors (Lipinski definition) is 1. The number of carbonyl (C=O) groups is 1. The van der Waals surface area contributed by atoms with E-state index in [4.69, 9.17) is 0 Å². The largest absolute Gasteiger partial charge is 0.351 e. The van der Waals surface area contributed by atoms with Crippen molar-refractivity contribution >= 4 is 5.91 Å². The van der Waals surface area contributed by atoms with E-state index in [1.165, 1.54) is 25.9 Å². The fourth-order valence-corrected chi connectivity index (χ4v) is 2.65. The fraction of sp³-hybridized carbons (Fsp3) is 0.923. The van der Waals surface area contributed by atoms with Crippen molar-refractivity contribution in [3.05, 3.63) is 0 Å². The summed E-state index contributed by atoms with van der Waals surface area (Å²) in [4.78, 5) is 14.6. The molecule has 0 saturated carbocycles. The molecule has 3 aliphatic heterocycles. The van der Waals surface area contributed by atoms with Gasteiger partial charge < -0.3 is 10.2 Å². The normalized spacial score (nSPS) is 33.8. The first-order chi connectivity index (χ1) is 7.53. The molecule has 3 heterocycles. The van der Waals surface area contributed by atoms with Crippen molar-refractivity contribution in [2.75, 3.05) is 19.6 Å². The molecule has 0 aliphatic carbocycles. The molecule has 1 atom stereocenters. The van der Waals surface area contributed by atoms with Crippen molar-refractivity contribution in [2.24, 2.45) is 11.3 Å². The SMILES string of the molecule is CCC(C)(C)C(=O)NC1CN2CCC1CC2. The third kappa shape index (κ3) is 2.24. The summed E-state index contributed by atoms with van der Waals surface area (Å²) in [5.74, 6) is 0.954. The van der Waals surface area contributed by atoms with Crippen LogP contribution in [0.25, 0.3) is 0 Å². The van der Waals surface area contributed by atoms with E-state index in [-0.39, 0.29) is 11.3 Å². The van der Waals surface area contributed by atoms with Gasteiger partial charge in [0, 0.05) is 18.0 Å². The molecule has 1 N–H and O–H groups in total. The van der Waals surface area contributed by atoms with E-state index in [1.54, 1.807) is 0 Å². The maximum absolute atomic E-state index is 12.1. The van der Waals surface area contributed by atoms with E-state index in [2.05, 4.69) is 17.1 Å². The zero-order valence-corrected chi connectivity index (χ0v) is 10.8. The molecule has 0 spiro atoms. The minimum absolute atomic E-state index is 0.216. The van der Waals surface area contributed by atoms with Gasteiger partial charge in [-0.2, -0.15) is 0 Å². The fourth-order valence-electron chi connectivity index (χ4n) is 2.65. The standard InChI is InChI=1S/C13H24N2O/c1-4-13(2,3)12(16)14-11-9-15-7-5-10(11)6-8-15/h10-11H,4-9H2,1-3H3,(H,14,16). The Hall–Kier alpha value is -0.570. The van der Waals surface area contributed by atoms with Crippen LogP contribution >= 0.6 is 0 Å². The molecule has 0 aromatic heterocycles. The Morgan fingerprint density at radius 2 is 2.00 bits per heavy atom. The zero-order chi connectivity index (χ0) is 11.8. The van der Waals surface area contributed by atoms with Crippen LogP contribution in [0.2, 0.25) is 0 Å². The van der Waals surface area contributed by atoms with Crippen LogP contribution in [0.5, 0.6) is 0 Å². The Labute approximate surface area is 98.6 Å². The minimum atomic E-state index is -0.216. The van der Waals surface area contributed by atoms with Crippen molar-refractivity contribution in [3.8, 4) is 0 Å². The van der Waals surface area contributed by atoms with Crippen LogP contribution in [-0.2, 0) is 4.79 Å². The summed E-state index contributed by atoms with van der Waals surface area (Å²) in [6.45, 7) is 9.67. The van der Waals surface area contributed by atoms with Crippen molar-refractivity contribution < 1.29 is 4.79 Å². The van der Waals surface area contributed by atoms with Crippen molar-refractivity contribution in [1.29, 1.82) is 0 Å². The average Bonchev–Trinajstić information content (AvgIpc) is 2.30. The van der Waals surface area contributed by atoms with Crippen LogP contribution in [0.1, 0.15) is 40.0 Å². The first kappa shape index (κ1) is 11.9. The van der Waals surface area contributed by atoms with E-state index in [1.807, 2.05) is 13.8 Å². The van der Waals surface area contributed by atoms with E-state index < -0.39 is 0 Å². The second kappa shape index (κ2) is 4.36. The van der Waals surface area contributed by atoms with Crippen LogP contribution < -0.4 is 5.32 Å². The molecule has 3 rings (SSSR count). The number of amides is 1. The topological polar surface area (TPSA) is 32.3 Å². The monoisotopic (exact) mass is 224 g/mol. The lowest BCUT2D eigenvalue weighted by Crippen LogP contribution is -2.58. The van der Waals surface area contributed by atoms with E-state index >= 15 is 0 Å². The molecule has 3 aliphatic rings. The highest BCUT2D eigenvalue weighted by Gasteiger charge is 2.37. The Kier molecular flexibility index (Phi) is 3.24. The van der Waals surface area contributed by atoms with Gasteiger partial charge in [0.05, 0.1) is 0 Å². The molecule has 0 radical (unpaired) electrons. The molecule has 0 aromatic carbocycles. The number of carbonyl (C=O) groups excluding carboxylic acids is 1. The Balaban J connectivity index is 1.93. The number of nitrogens with zero attached hydrogens (tertiary/aromatic N) is 1. The molecular formula is C13H24N2O. The zero-order valence-electron chi connectivity index (χ0n) is 10.8. The van der Waals surface area contributed by atoms with E-state index in [9.17, 15) is 4.79 Å². The summed E-state index contributed by atoms with van der Waals surface area (Å²) >= 11 is 0. The molecular weight excluding hydrogens is 200 g/mol. The summed E-state index contributed by atoms with van der Waals surface area (Å²) in [6.07, 6.45) is 3.43. The van der Waals surface area contributed by atoms with Crippen molar-refractivity contribution in [3.63, 3.8) is 0 Å². The Morgan fingerprint density at radius 3 is 2.44 bits per heavy atom. The lowest BCUT2D eigenvalue weighted by molar-refractivity contribution is -0.131. The van der Waals surface area contributed by atoms with Gasteiger partial charge >= 0.3 is 0 Å². The molecule has 0 aromatic rings. The molecule has 92 valence electrons. The summed E-state index contributed by atoms with van der Waals surface area (Å²) < 4.78 is 0. The summed E-state index contributed by atoms with van der Waals surface area (Å²) in [5.41, 5.74) is -0.216.